The summed E-state index contributed by atoms with van der Waals surface area (Å²) in [4.78, 5) is 0. The molecule has 1 rings (SSSR count). The predicted molar refractivity (Wildman–Crippen MR) is 118 cm³/mol. The molecule has 0 saturated heterocycles. The Hall–Kier alpha value is -0.600. The minimum absolute atomic E-state index is 0.0742. The van der Waals surface area contributed by atoms with Crippen molar-refractivity contribution in [3.8, 4) is 0 Å². The van der Waals surface area contributed by atoms with Crippen molar-refractivity contribution < 1.29 is 9.84 Å². The van der Waals surface area contributed by atoms with Crippen molar-refractivity contribution in [3.05, 3.63) is 23.8 Å². The Morgan fingerprint density at radius 2 is 1.74 bits per heavy atom. The topological polar surface area (TPSA) is 29.5 Å². The third kappa shape index (κ3) is 13.2. The van der Waals surface area contributed by atoms with Crippen LogP contribution in [0, 0.1) is 11.8 Å². The second-order valence-corrected chi connectivity index (χ2v) is 8.52. The number of ether oxygens (including phenoxy) is 1. The lowest BCUT2D eigenvalue weighted by molar-refractivity contribution is 0.156. The van der Waals surface area contributed by atoms with Gasteiger partial charge in [-0.05, 0) is 69.6 Å². The number of aliphatic hydroxyl groups excluding tert-OH is 1. The Labute approximate surface area is 169 Å². The zero-order valence-corrected chi connectivity index (χ0v) is 18.4. The lowest BCUT2D eigenvalue weighted by Crippen LogP contribution is -2.03. The maximum Gasteiger partial charge on any atom is 0.0537 e. The molecule has 0 aromatic heterocycles. The summed E-state index contributed by atoms with van der Waals surface area (Å²) < 4.78 is 5.14. The maximum absolute atomic E-state index is 9.54. The van der Waals surface area contributed by atoms with E-state index in [1.165, 1.54) is 70.6 Å². The highest BCUT2D eigenvalue weighted by Gasteiger charge is 2.34. The molecular formula is C25H46O2. The van der Waals surface area contributed by atoms with E-state index in [0.29, 0.717) is 0 Å². The van der Waals surface area contributed by atoms with Crippen molar-refractivity contribution in [3.63, 3.8) is 0 Å². The van der Waals surface area contributed by atoms with Crippen LogP contribution in [-0.2, 0) is 4.74 Å². The van der Waals surface area contributed by atoms with E-state index in [2.05, 4.69) is 32.1 Å². The molecule has 1 N–H and O–H groups in total. The molecule has 27 heavy (non-hydrogen) atoms. The van der Waals surface area contributed by atoms with E-state index in [9.17, 15) is 5.11 Å². The van der Waals surface area contributed by atoms with Gasteiger partial charge in [0.05, 0.1) is 6.10 Å². The first-order valence-electron chi connectivity index (χ1n) is 11.7. The minimum Gasteiger partial charge on any atom is -0.393 e. The summed E-state index contributed by atoms with van der Waals surface area (Å²) in [6, 6.07) is 0. The number of methoxy groups -OCH3 is 1. The van der Waals surface area contributed by atoms with Crippen LogP contribution in [0.1, 0.15) is 104 Å². The van der Waals surface area contributed by atoms with Gasteiger partial charge < -0.3 is 9.84 Å². The summed E-state index contributed by atoms with van der Waals surface area (Å²) in [6.45, 7) is 5.36. The van der Waals surface area contributed by atoms with E-state index in [4.69, 9.17) is 4.74 Å². The van der Waals surface area contributed by atoms with Crippen molar-refractivity contribution in [2.75, 3.05) is 13.7 Å². The molecule has 1 fully saturated rings. The maximum atomic E-state index is 9.54. The summed E-state index contributed by atoms with van der Waals surface area (Å²) in [7, 11) is 1.79. The van der Waals surface area contributed by atoms with E-state index in [1.54, 1.807) is 12.7 Å². The van der Waals surface area contributed by atoms with Crippen molar-refractivity contribution in [1.29, 1.82) is 0 Å². The highest BCUT2D eigenvalue weighted by Crippen LogP contribution is 2.45. The normalized spacial score (nSPS) is 21.1. The summed E-state index contributed by atoms with van der Waals surface area (Å²) in [6.07, 6.45) is 24.3. The van der Waals surface area contributed by atoms with Gasteiger partial charge in [0, 0.05) is 13.7 Å². The number of allylic oxidation sites excluding steroid dienone is 4. The molecule has 0 radical (unpaired) electrons. The largest absolute Gasteiger partial charge is 0.393 e. The van der Waals surface area contributed by atoms with E-state index in [-0.39, 0.29) is 6.10 Å². The van der Waals surface area contributed by atoms with E-state index < -0.39 is 0 Å². The summed E-state index contributed by atoms with van der Waals surface area (Å²) in [5, 5.41) is 9.54. The Kier molecular flexibility index (Phi) is 14.8. The van der Waals surface area contributed by atoms with Gasteiger partial charge in [-0.1, -0.05) is 69.8 Å². The molecular weight excluding hydrogens is 332 g/mol. The number of aliphatic hydroxyl groups is 1. The molecule has 0 aliphatic heterocycles. The molecule has 2 heteroatoms. The SMILES string of the molecule is CCC(O)CCCCCCCC=CCC=C(CCCCCOC)C1CC1C. The summed E-state index contributed by atoms with van der Waals surface area (Å²) in [5.74, 6) is 1.80. The van der Waals surface area contributed by atoms with Gasteiger partial charge in [-0.25, -0.2) is 0 Å². The van der Waals surface area contributed by atoms with Crippen molar-refractivity contribution >= 4 is 0 Å². The molecule has 0 bridgehead atoms. The fourth-order valence-corrected chi connectivity index (χ4v) is 3.84. The van der Waals surface area contributed by atoms with Crippen LogP contribution in [0.4, 0.5) is 0 Å². The van der Waals surface area contributed by atoms with Crippen LogP contribution < -0.4 is 0 Å². The van der Waals surface area contributed by atoms with Gasteiger partial charge in [-0.15, -0.1) is 0 Å². The molecule has 1 aliphatic rings. The predicted octanol–water partition coefficient (Wildman–Crippen LogP) is 7.22. The molecule has 0 spiro atoms. The lowest BCUT2D eigenvalue weighted by atomic mass is 10.0. The van der Waals surface area contributed by atoms with E-state index >= 15 is 0 Å². The second kappa shape index (κ2) is 16.4. The van der Waals surface area contributed by atoms with Gasteiger partial charge in [0.25, 0.3) is 0 Å². The Bertz CT molecular complexity index is 399. The van der Waals surface area contributed by atoms with Crippen molar-refractivity contribution in [1.82, 2.24) is 0 Å². The number of rotatable bonds is 18. The zero-order valence-electron chi connectivity index (χ0n) is 18.4. The standard InChI is InChI=1S/C25H46O2/c1-4-24(26)19-15-11-9-7-5-6-8-10-13-17-23(25-21-22(25)2)18-14-12-16-20-27-3/h8,10,17,22,24-26H,4-7,9,11-16,18-21H2,1-3H3. The quantitative estimate of drug-likeness (QED) is 0.201. The fourth-order valence-electron chi connectivity index (χ4n) is 3.84. The third-order valence-electron chi connectivity index (χ3n) is 5.96. The monoisotopic (exact) mass is 378 g/mol. The Balaban J connectivity index is 2.05. The summed E-state index contributed by atoms with van der Waals surface area (Å²) >= 11 is 0. The molecule has 3 unspecified atom stereocenters. The first kappa shape index (κ1) is 24.4. The highest BCUT2D eigenvalue weighted by molar-refractivity contribution is 5.16. The second-order valence-electron chi connectivity index (χ2n) is 8.52. The van der Waals surface area contributed by atoms with Crippen LogP contribution >= 0.6 is 0 Å². The average Bonchev–Trinajstić information content (AvgIpc) is 3.40. The molecule has 0 heterocycles. The molecule has 1 saturated carbocycles. The van der Waals surface area contributed by atoms with Crippen molar-refractivity contribution in [2.24, 2.45) is 11.8 Å². The number of hydrogen-bond acceptors (Lipinski definition) is 2. The first-order valence-corrected chi connectivity index (χ1v) is 11.7. The van der Waals surface area contributed by atoms with Crippen LogP contribution in [0.25, 0.3) is 0 Å². The zero-order chi connectivity index (χ0) is 19.7. The minimum atomic E-state index is -0.0742. The smallest absolute Gasteiger partial charge is 0.0537 e. The number of unbranched alkanes of at least 4 members (excludes halogenated alkanes) is 7. The molecule has 0 aromatic rings. The highest BCUT2D eigenvalue weighted by atomic mass is 16.5. The van der Waals surface area contributed by atoms with Gasteiger partial charge in [-0.3, -0.25) is 0 Å². The van der Waals surface area contributed by atoms with Gasteiger partial charge in [0.1, 0.15) is 0 Å². The van der Waals surface area contributed by atoms with Crippen molar-refractivity contribution in [2.45, 2.75) is 110 Å². The van der Waals surface area contributed by atoms with Gasteiger partial charge in [0.15, 0.2) is 0 Å². The Morgan fingerprint density at radius 1 is 1.04 bits per heavy atom. The van der Waals surface area contributed by atoms with E-state index in [0.717, 1.165) is 37.7 Å². The van der Waals surface area contributed by atoms with Gasteiger partial charge in [0.2, 0.25) is 0 Å². The van der Waals surface area contributed by atoms with Gasteiger partial charge in [-0.2, -0.15) is 0 Å². The van der Waals surface area contributed by atoms with Gasteiger partial charge >= 0.3 is 0 Å². The third-order valence-corrected chi connectivity index (χ3v) is 5.96. The average molecular weight is 379 g/mol. The molecule has 0 amide bonds. The Morgan fingerprint density at radius 3 is 2.44 bits per heavy atom. The number of hydrogen-bond donors (Lipinski definition) is 1. The van der Waals surface area contributed by atoms with Crippen LogP contribution in [-0.4, -0.2) is 24.9 Å². The molecule has 1 aliphatic carbocycles. The lowest BCUT2D eigenvalue weighted by Gasteiger charge is -2.07. The molecule has 158 valence electrons. The van der Waals surface area contributed by atoms with Crippen LogP contribution in [0.2, 0.25) is 0 Å². The first-order chi connectivity index (χ1) is 13.2. The van der Waals surface area contributed by atoms with Crippen LogP contribution in [0.3, 0.4) is 0 Å². The van der Waals surface area contributed by atoms with E-state index in [1.807, 2.05) is 0 Å². The molecule has 2 nitrogen and oxygen atoms in total. The summed E-state index contributed by atoms with van der Waals surface area (Å²) in [5.41, 5.74) is 1.72. The van der Waals surface area contributed by atoms with Crippen LogP contribution in [0.15, 0.2) is 23.8 Å². The fraction of sp³-hybridized carbons (Fsp3) is 0.840. The van der Waals surface area contributed by atoms with Crippen LogP contribution in [0.5, 0.6) is 0 Å². The molecule has 0 aromatic carbocycles. The molecule has 3 atom stereocenters.